The number of hydrogen-bond acceptors (Lipinski definition) is 2. The Kier molecular flexibility index (Phi) is 8.96. The van der Waals surface area contributed by atoms with E-state index in [0.29, 0.717) is 0 Å². The van der Waals surface area contributed by atoms with Crippen molar-refractivity contribution in [3.8, 4) is 0 Å². The van der Waals surface area contributed by atoms with Gasteiger partial charge in [0, 0.05) is 16.7 Å². The van der Waals surface area contributed by atoms with Gasteiger partial charge < -0.3 is 0 Å². The fraction of sp³-hybridized carbons (Fsp3) is 0.333. The van der Waals surface area contributed by atoms with E-state index < -0.39 is 5.16 Å². The normalized spacial score (nSPS) is 25.5. The second kappa shape index (κ2) is 13.9. The van der Waals surface area contributed by atoms with Gasteiger partial charge in [-0.1, -0.05) is 144 Å². The smallest absolute Gasteiger partial charge is 0.0903 e. The van der Waals surface area contributed by atoms with Gasteiger partial charge in [0.05, 0.1) is 27.6 Å². The van der Waals surface area contributed by atoms with Crippen LogP contribution in [0.15, 0.2) is 145 Å². The highest BCUT2D eigenvalue weighted by Gasteiger charge is 2.54. The Labute approximate surface area is 330 Å². The summed E-state index contributed by atoms with van der Waals surface area (Å²) < 4.78 is 0. The Morgan fingerprint density at radius 2 is 1.07 bits per heavy atom. The molecule has 0 saturated heterocycles. The van der Waals surface area contributed by atoms with Crippen molar-refractivity contribution in [1.82, 2.24) is 9.97 Å². The predicted molar refractivity (Wildman–Crippen MR) is 238 cm³/mol. The number of fused-ring (bicyclic) bond motifs is 2. The van der Waals surface area contributed by atoms with Crippen LogP contribution in [-0.4, -0.2) is 26.9 Å². The number of allylic oxidation sites excluding steroid dienone is 4. The van der Waals surface area contributed by atoms with Crippen LogP contribution in [0.25, 0.3) is 33.0 Å². The van der Waals surface area contributed by atoms with Crippen LogP contribution < -0.4 is 0 Å². The van der Waals surface area contributed by atoms with Crippen LogP contribution in [-0.2, 0) is 5.16 Å². The molecule has 2 nitrogen and oxygen atoms in total. The third-order valence-corrected chi connectivity index (χ3v) is 18.7. The number of nitrogens with zero attached hydrogens (tertiary/aromatic N) is 2. The van der Waals surface area contributed by atoms with E-state index in [0.717, 1.165) is 62.5 Å². The Hall–Kier alpha value is -3.96. The zero-order chi connectivity index (χ0) is 37.3. The van der Waals surface area contributed by atoms with E-state index in [2.05, 4.69) is 170 Å². The number of aromatic nitrogens is 2. The van der Waals surface area contributed by atoms with Crippen LogP contribution in [0.1, 0.15) is 75.4 Å². The van der Waals surface area contributed by atoms with Crippen molar-refractivity contribution in [2.75, 3.05) is 6.16 Å². The van der Waals surface area contributed by atoms with Crippen LogP contribution in [0.4, 0.5) is 0 Å². The SMILES string of the molecule is CC(C)(C)P(CC1C(C(P)(c2ccc3ccccc3n2)c2ccc3ccccc3n2)=CC(c2ccccc2)=C1c1ccccc1)C1C2CC3CC(C2)CC1C3. The van der Waals surface area contributed by atoms with Gasteiger partial charge in [-0.15, -0.1) is 9.24 Å². The lowest BCUT2D eigenvalue weighted by Gasteiger charge is -2.59. The molecule has 11 rings (SSSR count). The van der Waals surface area contributed by atoms with Gasteiger partial charge >= 0.3 is 0 Å². The maximum absolute atomic E-state index is 5.54. The Morgan fingerprint density at radius 3 is 1.60 bits per heavy atom. The third-order valence-electron chi connectivity index (χ3n) is 13.7. The summed E-state index contributed by atoms with van der Waals surface area (Å²) >= 11 is 0. The highest BCUT2D eigenvalue weighted by Crippen LogP contribution is 2.70. The van der Waals surface area contributed by atoms with Gasteiger partial charge in [-0.2, -0.15) is 0 Å². The second-order valence-electron chi connectivity index (χ2n) is 18.0. The first-order valence-electron chi connectivity index (χ1n) is 20.6. The lowest BCUT2D eigenvalue weighted by atomic mass is 9.56. The molecule has 0 spiro atoms. The van der Waals surface area contributed by atoms with E-state index in [-0.39, 0.29) is 19.0 Å². The fourth-order valence-electron chi connectivity index (χ4n) is 11.5. The van der Waals surface area contributed by atoms with Crippen molar-refractivity contribution in [1.29, 1.82) is 0 Å². The molecule has 3 atom stereocenters. The molecule has 0 amide bonds. The molecular formula is C51H52N2P2. The van der Waals surface area contributed by atoms with Crippen molar-refractivity contribution >= 4 is 50.1 Å². The Balaban J connectivity index is 1.22. The van der Waals surface area contributed by atoms with Crippen molar-refractivity contribution in [3.63, 3.8) is 0 Å². The standard InChI is InChI=1S/C51H52N2P2/c1-50(2,3)55(49-39-27-33-26-34(29-39)30-40(49)28-33)32-42-43(31-41(35-14-6-4-7-15-35)48(42)38-18-8-5-9-19-38)51(54,46-24-22-36-16-10-12-20-44(36)52-46)47-25-23-37-17-11-13-21-45(37)53-47/h4-25,31,33-34,39-40,42,49H,26-30,32,54H2,1-3H3. The molecular weight excluding hydrogens is 703 g/mol. The number of benzene rings is 4. The van der Waals surface area contributed by atoms with Gasteiger partial charge in [-0.3, -0.25) is 9.97 Å². The van der Waals surface area contributed by atoms with Crippen LogP contribution in [0, 0.1) is 29.6 Å². The molecule has 5 aliphatic carbocycles. The van der Waals surface area contributed by atoms with Gasteiger partial charge in [0.15, 0.2) is 0 Å². The first-order valence-corrected chi connectivity index (χ1v) is 22.8. The number of hydrogen-bond donors (Lipinski definition) is 0. The summed E-state index contributed by atoms with van der Waals surface area (Å²) in [4.78, 5) is 11.1. The number of para-hydroxylation sites is 2. The van der Waals surface area contributed by atoms with Gasteiger partial charge in [-0.05, 0) is 125 Å². The fourth-order valence-corrected chi connectivity index (χ4v) is 16.1. The summed E-state index contributed by atoms with van der Waals surface area (Å²) in [6, 6.07) is 48.7. The van der Waals surface area contributed by atoms with Gasteiger partial charge in [0.25, 0.3) is 0 Å². The minimum Gasteiger partial charge on any atom is -0.251 e. The second-order valence-corrected chi connectivity index (χ2v) is 22.2. The molecule has 276 valence electrons. The highest BCUT2D eigenvalue weighted by atomic mass is 31.1. The molecule has 0 aliphatic heterocycles. The minimum absolute atomic E-state index is 0.194. The molecule has 55 heavy (non-hydrogen) atoms. The molecule has 0 N–H and O–H groups in total. The summed E-state index contributed by atoms with van der Waals surface area (Å²) in [5.74, 6) is 3.91. The van der Waals surface area contributed by atoms with Crippen molar-refractivity contribution in [3.05, 3.63) is 168 Å². The van der Waals surface area contributed by atoms with E-state index in [4.69, 9.17) is 9.97 Å². The lowest BCUT2D eigenvalue weighted by Crippen LogP contribution is -2.49. The van der Waals surface area contributed by atoms with Crippen molar-refractivity contribution in [2.24, 2.45) is 29.6 Å². The average molecular weight is 755 g/mol. The Bertz CT molecular complexity index is 2340. The van der Waals surface area contributed by atoms with Gasteiger partial charge in [0.2, 0.25) is 0 Å². The van der Waals surface area contributed by atoms with Crippen LogP contribution in [0.3, 0.4) is 0 Å². The van der Waals surface area contributed by atoms with Crippen LogP contribution in [0.2, 0.25) is 0 Å². The topological polar surface area (TPSA) is 25.8 Å². The van der Waals surface area contributed by atoms with E-state index in [1.54, 1.807) is 0 Å². The summed E-state index contributed by atoms with van der Waals surface area (Å²) in [7, 11) is 3.05. The lowest BCUT2D eigenvalue weighted by molar-refractivity contribution is 0.0242. The van der Waals surface area contributed by atoms with E-state index in [1.807, 2.05) is 0 Å². The molecule has 2 heterocycles. The summed E-state index contributed by atoms with van der Waals surface area (Å²) in [6.45, 7) is 7.74. The molecule has 6 aromatic rings. The van der Waals surface area contributed by atoms with Crippen molar-refractivity contribution < 1.29 is 0 Å². The van der Waals surface area contributed by atoms with E-state index in [9.17, 15) is 0 Å². The number of pyridine rings is 2. The zero-order valence-corrected chi connectivity index (χ0v) is 34.5. The molecule has 0 radical (unpaired) electrons. The van der Waals surface area contributed by atoms with E-state index in [1.165, 1.54) is 66.1 Å². The van der Waals surface area contributed by atoms with E-state index >= 15 is 0 Å². The van der Waals surface area contributed by atoms with Gasteiger partial charge in [0.1, 0.15) is 0 Å². The highest BCUT2D eigenvalue weighted by molar-refractivity contribution is 7.60. The number of rotatable bonds is 8. The van der Waals surface area contributed by atoms with Crippen LogP contribution in [0.5, 0.6) is 0 Å². The summed E-state index contributed by atoms with van der Waals surface area (Å²) in [6.07, 6.45) is 11.1. The average Bonchev–Trinajstić information content (AvgIpc) is 3.59. The van der Waals surface area contributed by atoms with Gasteiger partial charge in [-0.25, -0.2) is 0 Å². The third kappa shape index (κ3) is 6.24. The molecule has 2 aromatic heterocycles. The van der Waals surface area contributed by atoms with Crippen molar-refractivity contribution in [2.45, 2.75) is 68.8 Å². The minimum atomic E-state index is -0.668. The molecule has 3 unspecified atom stereocenters. The Morgan fingerprint density at radius 1 is 0.582 bits per heavy atom. The first-order chi connectivity index (χ1) is 26.7. The molecule has 4 bridgehead atoms. The molecule has 4 heteroatoms. The maximum Gasteiger partial charge on any atom is 0.0903 e. The van der Waals surface area contributed by atoms with Crippen LogP contribution >= 0.6 is 17.2 Å². The first kappa shape index (κ1) is 35.5. The quantitative estimate of drug-likeness (QED) is 0.145. The maximum atomic E-state index is 5.54. The molecule has 4 saturated carbocycles. The molecule has 4 fully saturated rings. The molecule has 4 aromatic carbocycles. The largest absolute Gasteiger partial charge is 0.251 e. The summed E-state index contributed by atoms with van der Waals surface area (Å²) in [5, 5.41) is 1.88. The summed E-state index contributed by atoms with van der Waals surface area (Å²) in [5.41, 5.74) is 11.8. The predicted octanol–water partition coefficient (Wildman–Crippen LogP) is 13.2. The monoisotopic (exact) mass is 754 g/mol. The zero-order valence-electron chi connectivity index (χ0n) is 32.4. The molecule has 5 aliphatic rings.